The van der Waals surface area contributed by atoms with Crippen LogP contribution in [0.1, 0.15) is 342 Å². The van der Waals surface area contributed by atoms with Crippen LogP contribution in [0.4, 0.5) is 0 Å². The van der Waals surface area contributed by atoms with E-state index in [4.69, 9.17) is 14.2 Å². The summed E-state index contributed by atoms with van der Waals surface area (Å²) in [5.74, 6) is -0.875. The molecule has 0 aromatic heterocycles. The van der Waals surface area contributed by atoms with E-state index in [1.165, 1.54) is 180 Å². The van der Waals surface area contributed by atoms with Crippen LogP contribution in [0.15, 0.2) is 97.2 Å². The normalized spacial score (nSPS) is 12.7. The van der Waals surface area contributed by atoms with Gasteiger partial charge >= 0.3 is 17.9 Å². The van der Waals surface area contributed by atoms with Crippen molar-refractivity contribution in [3.05, 3.63) is 97.2 Å². The van der Waals surface area contributed by atoms with Crippen molar-refractivity contribution in [2.75, 3.05) is 13.2 Å². The molecule has 1 unspecified atom stereocenters. The molecule has 0 rings (SSSR count). The highest BCUT2D eigenvalue weighted by molar-refractivity contribution is 5.71. The molecule has 0 saturated heterocycles. The van der Waals surface area contributed by atoms with Crippen molar-refractivity contribution in [2.24, 2.45) is 0 Å². The molecule has 466 valence electrons. The fraction of sp³-hybridized carbons (Fsp3) is 0.747. The van der Waals surface area contributed by atoms with Crippen molar-refractivity contribution < 1.29 is 28.6 Å². The Balaban J connectivity index is 4.13. The number of esters is 3. The monoisotopic (exact) mass is 1130 g/mol. The van der Waals surface area contributed by atoms with E-state index in [1.807, 2.05) is 0 Å². The highest BCUT2D eigenvalue weighted by atomic mass is 16.6. The molecule has 0 spiro atoms. The third-order valence-corrected chi connectivity index (χ3v) is 15.1. The fourth-order valence-electron chi connectivity index (χ4n) is 9.90. The van der Waals surface area contributed by atoms with Crippen LogP contribution in [-0.4, -0.2) is 37.2 Å². The molecule has 0 fully saturated rings. The van der Waals surface area contributed by atoms with E-state index in [-0.39, 0.29) is 31.1 Å². The number of hydrogen-bond acceptors (Lipinski definition) is 6. The van der Waals surface area contributed by atoms with E-state index >= 15 is 0 Å². The average molecular weight is 1130 g/mol. The molecule has 0 amide bonds. The van der Waals surface area contributed by atoms with Crippen LogP contribution in [0.25, 0.3) is 0 Å². The summed E-state index contributed by atoms with van der Waals surface area (Å²) in [6.45, 7) is 6.49. The van der Waals surface area contributed by atoms with Gasteiger partial charge in [0.15, 0.2) is 6.10 Å². The van der Waals surface area contributed by atoms with Crippen LogP contribution in [0.3, 0.4) is 0 Å². The Morgan fingerprint density at radius 3 is 0.802 bits per heavy atom. The molecule has 0 bridgehead atoms. The molecule has 0 aliphatic rings. The quantitative estimate of drug-likeness (QED) is 0.0261. The minimum atomic E-state index is -0.780. The van der Waals surface area contributed by atoms with Gasteiger partial charge in [0.2, 0.25) is 0 Å². The predicted molar refractivity (Wildman–Crippen MR) is 353 cm³/mol. The van der Waals surface area contributed by atoms with Crippen molar-refractivity contribution in [3.8, 4) is 0 Å². The third kappa shape index (κ3) is 67.0. The topological polar surface area (TPSA) is 78.9 Å². The Morgan fingerprint density at radius 1 is 0.259 bits per heavy atom. The number of unbranched alkanes of at least 4 members (excludes halogenated alkanes) is 36. The Hall–Kier alpha value is -3.67. The highest BCUT2D eigenvalue weighted by Crippen LogP contribution is 2.17. The van der Waals surface area contributed by atoms with Gasteiger partial charge in [-0.3, -0.25) is 14.4 Å². The van der Waals surface area contributed by atoms with Gasteiger partial charge in [0.1, 0.15) is 13.2 Å². The lowest BCUT2D eigenvalue weighted by Gasteiger charge is -2.18. The Bertz CT molecular complexity index is 1580. The van der Waals surface area contributed by atoms with E-state index in [0.717, 1.165) is 122 Å². The number of ether oxygens (including phenoxy) is 3. The first kappa shape index (κ1) is 77.3. The van der Waals surface area contributed by atoms with Gasteiger partial charge in [0, 0.05) is 19.3 Å². The SMILES string of the molecule is CC/C=C\C/C=C\C/C=C\C/C=C\C/C=C\C/C=C\CCCCCCCCCCCCCCCCCCC(=O)OCC(COC(=O)CCCCCCC/C=C\C/C=C\CCC)OC(=O)CCCCCCCCCCCCCCCCC. The smallest absolute Gasteiger partial charge is 0.306 e. The zero-order chi connectivity index (χ0) is 58.5. The van der Waals surface area contributed by atoms with Gasteiger partial charge in [0.05, 0.1) is 0 Å². The van der Waals surface area contributed by atoms with Gasteiger partial charge in [-0.25, -0.2) is 0 Å². The molecule has 0 radical (unpaired) electrons. The number of carbonyl (C=O) groups excluding carboxylic acids is 3. The van der Waals surface area contributed by atoms with Crippen LogP contribution in [0.2, 0.25) is 0 Å². The molecule has 0 aromatic rings. The first-order valence-corrected chi connectivity index (χ1v) is 34.7. The number of allylic oxidation sites excluding steroid dienone is 16. The summed E-state index contributed by atoms with van der Waals surface area (Å²) in [6.07, 6.45) is 93.0. The minimum Gasteiger partial charge on any atom is -0.462 e. The lowest BCUT2D eigenvalue weighted by molar-refractivity contribution is -0.167. The maximum atomic E-state index is 12.9. The van der Waals surface area contributed by atoms with Crippen molar-refractivity contribution >= 4 is 17.9 Å². The van der Waals surface area contributed by atoms with Crippen LogP contribution in [-0.2, 0) is 28.6 Å². The molecular formula is C75H130O6. The summed E-state index contributed by atoms with van der Waals surface area (Å²) in [6, 6.07) is 0. The van der Waals surface area contributed by atoms with Crippen molar-refractivity contribution in [1.29, 1.82) is 0 Å². The standard InChI is InChI=1S/C75H130O6/c1-4-7-10-13-16-19-22-25-27-28-29-30-31-32-33-34-35-36-37-38-39-40-41-42-43-44-45-46-48-50-53-56-59-62-65-68-74(77)80-71-72(70-79-73(76)67-64-61-58-55-52-49-24-21-18-15-12-9-6-3)81-75(78)69-66-63-60-57-54-51-47-26-23-20-17-14-11-8-5-2/h7,10,12,15-16,19,21,24-25,27,29-30,32-33,35-36,72H,4-6,8-9,11,13-14,17-18,20,22-23,26,28,31,34,37-71H2,1-3H3/b10-7-,15-12-,19-16-,24-21-,27-25-,30-29-,33-32-,36-35-. The molecule has 81 heavy (non-hydrogen) atoms. The molecule has 0 aromatic carbocycles. The van der Waals surface area contributed by atoms with Gasteiger partial charge in [0.25, 0.3) is 0 Å². The Labute approximate surface area is 502 Å². The summed E-state index contributed by atoms with van der Waals surface area (Å²) in [7, 11) is 0. The first-order valence-electron chi connectivity index (χ1n) is 34.7. The van der Waals surface area contributed by atoms with E-state index < -0.39 is 6.10 Å². The largest absolute Gasteiger partial charge is 0.462 e. The van der Waals surface area contributed by atoms with Crippen molar-refractivity contribution in [3.63, 3.8) is 0 Å². The zero-order valence-electron chi connectivity index (χ0n) is 53.5. The van der Waals surface area contributed by atoms with E-state index in [1.54, 1.807) is 0 Å². The summed E-state index contributed by atoms with van der Waals surface area (Å²) >= 11 is 0. The second-order valence-electron chi connectivity index (χ2n) is 23.1. The van der Waals surface area contributed by atoms with Gasteiger partial charge in [-0.2, -0.15) is 0 Å². The highest BCUT2D eigenvalue weighted by Gasteiger charge is 2.19. The summed E-state index contributed by atoms with van der Waals surface area (Å²) in [5.41, 5.74) is 0. The van der Waals surface area contributed by atoms with Crippen molar-refractivity contribution in [2.45, 2.75) is 348 Å². The summed E-state index contributed by atoms with van der Waals surface area (Å²) < 4.78 is 16.9. The Kier molecular flexibility index (Phi) is 65.7. The Morgan fingerprint density at radius 2 is 0.506 bits per heavy atom. The van der Waals surface area contributed by atoms with Crippen LogP contribution in [0, 0.1) is 0 Å². The number of carbonyl (C=O) groups is 3. The molecule has 0 aliphatic carbocycles. The van der Waals surface area contributed by atoms with Gasteiger partial charge < -0.3 is 14.2 Å². The van der Waals surface area contributed by atoms with E-state index in [9.17, 15) is 14.4 Å². The lowest BCUT2D eigenvalue weighted by Crippen LogP contribution is -2.30. The van der Waals surface area contributed by atoms with Crippen LogP contribution < -0.4 is 0 Å². The van der Waals surface area contributed by atoms with Crippen molar-refractivity contribution in [1.82, 2.24) is 0 Å². The predicted octanol–water partition coefficient (Wildman–Crippen LogP) is 24.0. The average Bonchev–Trinajstić information content (AvgIpc) is 3.46. The van der Waals surface area contributed by atoms with E-state index in [2.05, 4.69) is 118 Å². The number of rotatable bonds is 63. The molecule has 0 heterocycles. The molecule has 0 saturated carbocycles. The maximum absolute atomic E-state index is 12.9. The lowest BCUT2D eigenvalue weighted by atomic mass is 10.0. The second-order valence-corrected chi connectivity index (χ2v) is 23.1. The van der Waals surface area contributed by atoms with Gasteiger partial charge in [-0.15, -0.1) is 0 Å². The first-order chi connectivity index (χ1) is 40.0. The molecule has 6 nitrogen and oxygen atoms in total. The second kappa shape index (κ2) is 68.8. The van der Waals surface area contributed by atoms with Crippen LogP contribution >= 0.6 is 0 Å². The molecule has 0 aliphatic heterocycles. The number of hydrogen-bond donors (Lipinski definition) is 0. The fourth-order valence-corrected chi connectivity index (χ4v) is 9.90. The zero-order valence-corrected chi connectivity index (χ0v) is 53.5. The molecule has 1 atom stereocenters. The molecule has 0 N–H and O–H groups in total. The van der Waals surface area contributed by atoms with Gasteiger partial charge in [-0.05, 0) is 96.3 Å². The summed E-state index contributed by atoms with van der Waals surface area (Å²) in [5, 5.41) is 0. The van der Waals surface area contributed by atoms with E-state index in [0.29, 0.717) is 19.3 Å². The molecular weight excluding hydrogens is 997 g/mol. The molecule has 6 heteroatoms. The third-order valence-electron chi connectivity index (χ3n) is 15.1. The van der Waals surface area contributed by atoms with Gasteiger partial charge in [-0.1, -0.05) is 323 Å². The maximum Gasteiger partial charge on any atom is 0.306 e. The van der Waals surface area contributed by atoms with Crippen LogP contribution in [0.5, 0.6) is 0 Å². The minimum absolute atomic E-state index is 0.0769. The summed E-state index contributed by atoms with van der Waals surface area (Å²) in [4.78, 5) is 38.3.